The van der Waals surface area contributed by atoms with Crippen LogP contribution in [0.5, 0.6) is 0 Å². The third-order valence-electron chi connectivity index (χ3n) is 1.34. The van der Waals surface area contributed by atoms with Crippen LogP contribution >= 0.6 is 0 Å². The molecule has 0 aliphatic carbocycles. The maximum atomic E-state index is 8.32. The van der Waals surface area contributed by atoms with Crippen LogP contribution in [0.3, 0.4) is 0 Å². The summed E-state index contributed by atoms with van der Waals surface area (Å²) < 4.78 is 4.55. The molecule has 0 spiro atoms. The Kier molecular flexibility index (Phi) is 8.76. The van der Waals surface area contributed by atoms with E-state index in [0.29, 0.717) is 12.0 Å². The van der Waals surface area contributed by atoms with Gasteiger partial charge in [-0.05, 0) is 18.3 Å². The van der Waals surface area contributed by atoms with E-state index < -0.39 is 7.32 Å². The Hall–Kier alpha value is 0.542. The molecule has 0 aromatic carbocycles. The van der Waals surface area contributed by atoms with Crippen molar-refractivity contribution in [2.75, 3.05) is 6.61 Å². The predicted molar refractivity (Wildman–Crippen MR) is 52.0 cm³/mol. The summed E-state index contributed by atoms with van der Waals surface area (Å²) in [6, 6.07) is 0. The van der Waals surface area contributed by atoms with Crippen LogP contribution in [0.2, 0.25) is 0 Å². The summed E-state index contributed by atoms with van der Waals surface area (Å²) in [7, 11) is -1.62. The van der Waals surface area contributed by atoms with Gasteiger partial charge in [-0.15, -0.1) is 0 Å². The van der Waals surface area contributed by atoms with E-state index >= 15 is 0 Å². The fourth-order valence-electron chi connectivity index (χ4n) is 0.791. The molecule has 5 heteroatoms. The summed E-state index contributed by atoms with van der Waals surface area (Å²) in [6.07, 6.45) is 1.89. The Morgan fingerprint density at radius 1 is 1.25 bits per heavy atom. The number of rotatable bonds is 4. The molecule has 3 nitrogen and oxygen atoms in total. The van der Waals surface area contributed by atoms with Crippen molar-refractivity contribution < 1.29 is 14.7 Å². The second kappa shape index (κ2) is 6.99. The van der Waals surface area contributed by atoms with Crippen molar-refractivity contribution in [3.63, 3.8) is 0 Å². The van der Waals surface area contributed by atoms with Crippen molar-refractivity contribution in [1.29, 1.82) is 0 Å². The van der Waals surface area contributed by atoms with Crippen molar-refractivity contribution in [1.82, 2.24) is 0 Å². The molecule has 0 unspecified atom stereocenters. The Bertz CT molecular complexity index is 103. The molecule has 0 aromatic heterocycles. The topological polar surface area (TPSA) is 49.7 Å². The van der Waals surface area contributed by atoms with E-state index in [1.807, 2.05) is 0 Å². The van der Waals surface area contributed by atoms with Gasteiger partial charge in [0, 0.05) is 6.61 Å². The molecule has 0 aliphatic rings. The number of hydrogen-bond donors (Lipinski definition) is 2. The Morgan fingerprint density at radius 3 is 2.08 bits per heavy atom. The van der Waals surface area contributed by atoms with E-state index in [-0.39, 0.29) is 18.9 Å². The molecule has 0 radical (unpaired) electrons. The SMILES string of the molecule is CC(C)(C)CCCOB(O)O.[LiH]. The van der Waals surface area contributed by atoms with E-state index in [4.69, 9.17) is 10.0 Å². The zero-order chi connectivity index (χ0) is 8.91. The Labute approximate surface area is 86.9 Å². The molecule has 0 heterocycles. The minimum absolute atomic E-state index is 0. The summed E-state index contributed by atoms with van der Waals surface area (Å²) in [5.74, 6) is 0. The van der Waals surface area contributed by atoms with Gasteiger partial charge in [0.2, 0.25) is 0 Å². The molecule has 0 saturated carbocycles. The van der Waals surface area contributed by atoms with Crippen LogP contribution in [0, 0.1) is 5.41 Å². The van der Waals surface area contributed by atoms with Gasteiger partial charge in [-0.25, -0.2) is 0 Å². The van der Waals surface area contributed by atoms with Crippen LogP contribution in [-0.2, 0) is 4.65 Å². The van der Waals surface area contributed by atoms with Crippen LogP contribution in [0.15, 0.2) is 0 Å². The molecule has 2 N–H and O–H groups in total. The Balaban J connectivity index is 0. The van der Waals surface area contributed by atoms with Crippen LogP contribution < -0.4 is 0 Å². The molecule has 0 amide bonds. The maximum absolute atomic E-state index is 8.32. The Morgan fingerprint density at radius 2 is 1.75 bits per heavy atom. The van der Waals surface area contributed by atoms with Gasteiger partial charge in [0.25, 0.3) is 0 Å². The van der Waals surface area contributed by atoms with Crippen LogP contribution in [0.25, 0.3) is 0 Å². The van der Waals surface area contributed by atoms with Crippen molar-refractivity contribution in [3.05, 3.63) is 0 Å². The summed E-state index contributed by atoms with van der Waals surface area (Å²) in [5.41, 5.74) is 0.295. The first-order chi connectivity index (χ1) is 4.92. The summed E-state index contributed by atoms with van der Waals surface area (Å²) >= 11 is 0. The summed E-state index contributed by atoms with van der Waals surface area (Å²) in [6.45, 7) is 6.84. The molecule has 0 fully saturated rings. The second-order valence-electron chi connectivity index (χ2n) is 3.86. The zero-order valence-electron chi connectivity index (χ0n) is 7.50. The normalized spacial score (nSPS) is 10.8. The quantitative estimate of drug-likeness (QED) is 0.464. The van der Waals surface area contributed by atoms with Gasteiger partial charge in [-0.2, -0.15) is 0 Å². The van der Waals surface area contributed by atoms with Crippen LogP contribution in [-0.4, -0.2) is 42.8 Å². The summed E-state index contributed by atoms with van der Waals surface area (Å²) in [4.78, 5) is 0. The molecule has 0 rings (SSSR count). The van der Waals surface area contributed by atoms with E-state index in [1.54, 1.807) is 0 Å². The minimum atomic E-state index is -1.62. The van der Waals surface area contributed by atoms with Crippen molar-refractivity contribution in [2.45, 2.75) is 33.6 Å². The molecular weight excluding hydrogens is 150 g/mol. The van der Waals surface area contributed by atoms with E-state index in [9.17, 15) is 0 Å². The monoisotopic (exact) mass is 168 g/mol. The fourth-order valence-corrected chi connectivity index (χ4v) is 0.791. The van der Waals surface area contributed by atoms with Gasteiger partial charge in [-0.3, -0.25) is 0 Å². The first kappa shape index (κ1) is 15.0. The third kappa shape index (κ3) is 13.2. The van der Waals surface area contributed by atoms with Crippen molar-refractivity contribution in [3.8, 4) is 0 Å². The van der Waals surface area contributed by atoms with Gasteiger partial charge >= 0.3 is 26.2 Å². The first-order valence-electron chi connectivity index (χ1n) is 3.89. The van der Waals surface area contributed by atoms with Crippen LogP contribution in [0.1, 0.15) is 33.6 Å². The number of hydrogen-bond acceptors (Lipinski definition) is 3. The van der Waals surface area contributed by atoms with Gasteiger partial charge in [0.1, 0.15) is 0 Å². The molecule has 68 valence electrons. The molecule has 0 saturated heterocycles. The van der Waals surface area contributed by atoms with E-state index in [2.05, 4.69) is 25.4 Å². The summed E-state index contributed by atoms with van der Waals surface area (Å²) in [5, 5.41) is 16.6. The van der Waals surface area contributed by atoms with Gasteiger partial charge in [0.15, 0.2) is 0 Å². The molecule has 0 aromatic rings. The van der Waals surface area contributed by atoms with Gasteiger partial charge in [-0.1, -0.05) is 20.8 Å². The molecule has 0 bridgehead atoms. The van der Waals surface area contributed by atoms with Gasteiger partial charge < -0.3 is 14.7 Å². The molecule has 0 atom stereocenters. The van der Waals surface area contributed by atoms with Gasteiger partial charge in [0.05, 0.1) is 0 Å². The third-order valence-corrected chi connectivity index (χ3v) is 1.34. The van der Waals surface area contributed by atoms with E-state index in [0.717, 1.165) is 12.8 Å². The van der Waals surface area contributed by atoms with Crippen molar-refractivity contribution >= 4 is 26.2 Å². The average molecular weight is 168 g/mol. The molecular formula is C7H18BLiO3. The fraction of sp³-hybridized carbons (Fsp3) is 1.00. The standard InChI is InChI=1S/C7H17BO3.Li.H/c1-7(2,3)5-4-6-11-8(9)10;;/h9-10H,4-6H2,1-3H3;;. The van der Waals surface area contributed by atoms with E-state index in [1.165, 1.54) is 0 Å². The molecule has 12 heavy (non-hydrogen) atoms. The first-order valence-corrected chi connectivity index (χ1v) is 3.89. The molecule has 0 aliphatic heterocycles. The average Bonchev–Trinajstić information content (AvgIpc) is 1.78. The van der Waals surface area contributed by atoms with Crippen molar-refractivity contribution in [2.24, 2.45) is 5.41 Å². The van der Waals surface area contributed by atoms with Crippen LogP contribution in [0.4, 0.5) is 0 Å². The second-order valence-corrected chi connectivity index (χ2v) is 3.86. The predicted octanol–water partition coefficient (Wildman–Crippen LogP) is 0.150. The zero-order valence-corrected chi connectivity index (χ0v) is 7.50.